The van der Waals surface area contributed by atoms with Crippen molar-refractivity contribution in [1.29, 1.82) is 0 Å². The van der Waals surface area contributed by atoms with Crippen LogP contribution in [0.15, 0.2) is 39.9 Å². The van der Waals surface area contributed by atoms with E-state index in [0.717, 1.165) is 23.7 Å². The monoisotopic (exact) mass is 420 g/mol. The van der Waals surface area contributed by atoms with Crippen molar-refractivity contribution in [2.24, 2.45) is 0 Å². The van der Waals surface area contributed by atoms with E-state index >= 15 is 0 Å². The molecule has 1 aromatic heterocycles. The molecular formula is C20H28N4O4S. The number of benzene rings is 1. The molecule has 8 nitrogen and oxygen atoms in total. The Labute approximate surface area is 170 Å². The summed E-state index contributed by atoms with van der Waals surface area (Å²) in [4.78, 5) is 25.9. The number of nitrogens with one attached hydrogen (secondary N) is 1. The molecule has 0 saturated carbocycles. The van der Waals surface area contributed by atoms with E-state index in [0.29, 0.717) is 36.5 Å². The maximum Gasteiger partial charge on any atom is 0.332 e. The molecule has 0 aliphatic carbocycles. The maximum absolute atomic E-state index is 12.9. The van der Waals surface area contributed by atoms with E-state index in [-0.39, 0.29) is 18.0 Å². The topological polar surface area (TPSA) is 93.4 Å². The number of hydrazine groups is 1. The first-order valence-corrected chi connectivity index (χ1v) is 11.7. The minimum absolute atomic E-state index is 0.0815. The molecule has 0 amide bonds. The first kappa shape index (κ1) is 21.3. The molecule has 1 aliphatic rings. The largest absolute Gasteiger partial charge is 0.332 e. The third-order valence-electron chi connectivity index (χ3n) is 5.05. The van der Waals surface area contributed by atoms with Crippen molar-refractivity contribution in [3.8, 4) is 0 Å². The first-order valence-electron chi connectivity index (χ1n) is 10.1. The molecule has 0 bridgehead atoms. The van der Waals surface area contributed by atoms with E-state index in [9.17, 15) is 18.0 Å². The lowest BCUT2D eigenvalue weighted by Crippen LogP contribution is -2.41. The van der Waals surface area contributed by atoms with Crippen LogP contribution in [0.1, 0.15) is 50.7 Å². The minimum atomic E-state index is -3.72. The highest BCUT2D eigenvalue weighted by Crippen LogP contribution is 2.25. The fourth-order valence-electron chi connectivity index (χ4n) is 3.39. The second-order valence-corrected chi connectivity index (χ2v) is 9.18. The number of hydrogen-bond donors (Lipinski definition) is 1. The molecule has 1 aliphatic heterocycles. The van der Waals surface area contributed by atoms with Crippen LogP contribution in [0.2, 0.25) is 0 Å². The summed E-state index contributed by atoms with van der Waals surface area (Å²) in [6.07, 6.45) is 3.21. The van der Waals surface area contributed by atoms with Crippen LogP contribution < -0.4 is 16.7 Å². The van der Waals surface area contributed by atoms with Gasteiger partial charge in [0.25, 0.3) is 5.56 Å². The van der Waals surface area contributed by atoms with Gasteiger partial charge in [0.1, 0.15) is 5.82 Å². The van der Waals surface area contributed by atoms with Crippen LogP contribution in [0.5, 0.6) is 0 Å². The van der Waals surface area contributed by atoms with Crippen molar-refractivity contribution in [2.45, 2.75) is 64.9 Å². The molecule has 0 unspecified atom stereocenters. The minimum Gasteiger partial charge on any atom is -0.290 e. The molecular weight excluding hydrogens is 392 g/mol. The van der Waals surface area contributed by atoms with Crippen LogP contribution in [-0.2, 0) is 35.4 Å². The lowest BCUT2D eigenvalue weighted by atomic mass is 10.2. The van der Waals surface area contributed by atoms with Gasteiger partial charge in [-0.15, -0.1) is 4.41 Å². The highest BCUT2D eigenvalue weighted by atomic mass is 32.2. The third kappa shape index (κ3) is 4.45. The lowest BCUT2D eigenvalue weighted by Gasteiger charge is -2.18. The number of nitrogens with zero attached hydrogens (tertiary/aromatic N) is 3. The van der Waals surface area contributed by atoms with Crippen molar-refractivity contribution in [3.63, 3.8) is 0 Å². The van der Waals surface area contributed by atoms with E-state index in [4.69, 9.17) is 0 Å². The zero-order valence-electron chi connectivity index (χ0n) is 16.9. The Kier molecular flexibility index (Phi) is 6.59. The molecule has 158 valence electrons. The van der Waals surface area contributed by atoms with E-state index in [1.54, 1.807) is 24.3 Å². The maximum atomic E-state index is 12.9. The van der Waals surface area contributed by atoms with Gasteiger partial charge in [-0.1, -0.05) is 57.0 Å². The molecule has 2 heterocycles. The standard InChI is InChI=1S/C20H28N4O4S/c1-3-5-12-22-18-17(19(25)23(20(22)26)13-6-4-2)14-24(21-18)29(27,28)15-16-10-8-7-9-11-16/h7-11,21H,3-6,12-15H2,1-2H3. The van der Waals surface area contributed by atoms with Gasteiger partial charge in [0, 0.05) is 13.1 Å². The van der Waals surface area contributed by atoms with Crippen LogP contribution in [0.4, 0.5) is 5.82 Å². The summed E-state index contributed by atoms with van der Waals surface area (Å²) in [5, 5.41) is 0. The third-order valence-corrected chi connectivity index (χ3v) is 6.64. The van der Waals surface area contributed by atoms with Gasteiger partial charge in [0.05, 0.1) is 17.9 Å². The summed E-state index contributed by atoms with van der Waals surface area (Å²) < 4.78 is 29.7. The number of sulfonamides is 1. The van der Waals surface area contributed by atoms with Gasteiger partial charge < -0.3 is 0 Å². The fourth-order valence-corrected chi connectivity index (χ4v) is 4.72. The predicted molar refractivity (Wildman–Crippen MR) is 113 cm³/mol. The Hall–Kier alpha value is -2.39. The van der Waals surface area contributed by atoms with E-state index in [2.05, 4.69) is 5.43 Å². The molecule has 1 aromatic carbocycles. The Bertz CT molecular complexity index is 1070. The van der Waals surface area contributed by atoms with Gasteiger partial charge in [0.2, 0.25) is 10.0 Å². The molecule has 0 spiro atoms. The smallest absolute Gasteiger partial charge is 0.290 e. The molecule has 0 fully saturated rings. The number of aromatic nitrogens is 2. The van der Waals surface area contributed by atoms with Crippen LogP contribution in [0.25, 0.3) is 0 Å². The average Bonchev–Trinajstić information content (AvgIpc) is 3.15. The second kappa shape index (κ2) is 8.96. The number of anilines is 1. The normalized spacial score (nSPS) is 14.0. The SMILES string of the molecule is CCCCn1c2c(c(=O)n(CCCC)c1=O)CN(S(=O)(=O)Cc1ccccc1)N2. The Morgan fingerprint density at radius 1 is 0.966 bits per heavy atom. The van der Waals surface area contributed by atoms with Gasteiger partial charge in [-0.05, 0) is 18.4 Å². The van der Waals surface area contributed by atoms with Gasteiger partial charge in [-0.2, -0.15) is 0 Å². The van der Waals surface area contributed by atoms with Crippen LogP contribution >= 0.6 is 0 Å². The molecule has 0 radical (unpaired) electrons. The van der Waals surface area contributed by atoms with E-state index in [1.165, 1.54) is 9.13 Å². The molecule has 3 rings (SSSR count). The summed E-state index contributed by atoms with van der Waals surface area (Å²) >= 11 is 0. The lowest BCUT2D eigenvalue weighted by molar-refractivity contribution is 0.476. The van der Waals surface area contributed by atoms with Gasteiger partial charge in [-0.3, -0.25) is 19.4 Å². The fraction of sp³-hybridized carbons (Fsp3) is 0.500. The van der Waals surface area contributed by atoms with Gasteiger partial charge in [-0.25, -0.2) is 13.2 Å². The second-order valence-electron chi connectivity index (χ2n) is 7.29. The molecule has 1 N–H and O–H groups in total. The van der Waals surface area contributed by atoms with Crippen LogP contribution in [-0.4, -0.2) is 22.0 Å². The summed E-state index contributed by atoms with van der Waals surface area (Å²) in [6.45, 7) is 4.70. The molecule has 0 saturated heterocycles. The zero-order valence-corrected chi connectivity index (χ0v) is 17.7. The number of hydrogen-bond acceptors (Lipinski definition) is 5. The van der Waals surface area contributed by atoms with Crippen LogP contribution in [0.3, 0.4) is 0 Å². The predicted octanol–water partition coefficient (Wildman–Crippen LogP) is 2.28. The Balaban J connectivity index is 1.98. The molecule has 9 heteroatoms. The summed E-state index contributed by atoms with van der Waals surface area (Å²) in [6, 6.07) is 8.88. The number of unbranched alkanes of at least 4 members (excludes halogenated alkanes) is 2. The summed E-state index contributed by atoms with van der Waals surface area (Å²) in [5.41, 5.74) is 3.03. The average molecular weight is 421 g/mol. The zero-order chi connectivity index (χ0) is 21.0. The molecule has 29 heavy (non-hydrogen) atoms. The number of rotatable bonds is 9. The van der Waals surface area contributed by atoms with Crippen LogP contribution in [0, 0.1) is 0 Å². The van der Waals surface area contributed by atoms with Gasteiger partial charge in [0.15, 0.2) is 0 Å². The summed E-state index contributed by atoms with van der Waals surface area (Å²) in [7, 11) is -3.72. The van der Waals surface area contributed by atoms with Crippen molar-refractivity contribution < 1.29 is 8.42 Å². The van der Waals surface area contributed by atoms with E-state index < -0.39 is 15.6 Å². The van der Waals surface area contributed by atoms with Crippen molar-refractivity contribution in [3.05, 3.63) is 62.3 Å². The quantitative estimate of drug-likeness (QED) is 0.672. The van der Waals surface area contributed by atoms with Crippen molar-refractivity contribution in [2.75, 3.05) is 5.43 Å². The van der Waals surface area contributed by atoms with E-state index in [1.807, 2.05) is 19.9 Å². The molecule has 0 atom stereocenters. The van der Waals surface area contributed by atoms with Crippen molar-refractivity contribution in [1.82, 2.24) is 13.5 Å². The first-order chi connectivity index (χ1) is 13.9. The number of fused-ring (bicyclic) bond motifs is 1. The van der Waals surface area contributed by atoms with Gasteiger partial charge >= 0.3 is 5.69 Å². The van der Waals surface area contributed by atoms with Crippen molar-refractivity contribution >= 4 is 15.8 Å². The Morgan fingerprint density at radius 3 is 2.21 bits per heavy atom. The Morgan fingerprint density at radius 2 is 1.59 bits per heavy atom. The highest BCUT2D eigenvalue weighted by molar-refractivity contribution is 7.88. The molecule has 2 aromatic rings. The highest BCUT2D eigenvalue weighted by Gasteiger charge is 2.34. The summed E-state index contributed by atoms with van der Waals surface area (Å²) in [5.74, 6) is 0.121.